The second-order valence-electron chi connectivity index (χ2n) is 7.27. The maximum atomic E-state index is 12.9. The van der Waals surface area contributed by atoms with Crippen molar-refractivity contribution < 1.29 is 13.7 Å². The van der Waals surface area contributed by atoms with Gasteiger partial charge in [-0.25, -0.2) is 4.39 Å². The number of carbonyl (C=O) groups is 1. The molecule has 1 fully saturated rings. The zero-order valence-corrected chi connectivity index (χ0v) is 17.4. The van der Waals surface area contributed by atoms with Crippen LogP contribution in [0.5, 0.6) is 0 Å². The SMILES string of the molecule is O=C(CN1CCN(Cc2nc(-c3cccs3)no2)CC1)NCCc1ccc(F)cc1. The lowest BCUT2D eigenvalue weighted by molar-refractivity contribution is -0.122. The van der Waals surface area contributed by atoms with E-state index in [1.807, 2.05) is 17.5 Å². The maximum Gasteiger partial charge on any atom is 0.241 e. The molecule has 0 bridgehead atoms. The molecule has 1 aromatic carbocycles. The highest BCUT2D eigenvalue weighted by Gasteiger charge is 2.21. The molecule has 1 aliphatic rings. The second-order valence-corrected chi connectivity index (χ2v) is 8.22. The molecule has 0 saturated carbocycles. The first-order valence-corrected chi connectivity index (χ1v) is 10.9. The molecule has 1 amide bonds. The van der Waals surface area contributed by atoms with E-state index in [0.29, 0.717) is 37.8 Å². The Morgan fingerprint density at radius 1 is 1.13 bits per heavy atom. The number of benzene rings is 1. The minimum absolute atomic E-state index is 0.0167. The van der Waals surface area contributed by atoms with Crippen molar-refractivity contribution in [1.29, 1.82) is 0 Å². The first-order valence-electron chi connectivity index (χ1n) is 9.98. The summed E-state index contributed by atoms with van der Waals surface area (Å²) in [7, 11) is 0. The van der Waals surface area contributed by atoms with Crippen molar-refractivity contribution >= 4 is 17.2 Å². The van der Waals surface area contributed by atoms with Gasteiger partial charge in [0, 0.05) is 32.7 Å². The number of nitrogens with one attached hydrogen (secondary N) is 1. The van der Waals surface area contributed by atoms with Gasteiger partial charge in [0.1, 0.15) is 5.82 Å². The van der Waals surface area contributed by atoms with Gasteiger partial charge in [-0.1, -0.05) is 23.4 Å². The van der Waals surface area contributed by atoms with Crippen LogP contribution in [0, 0.1) is 5.82 Å². The molecular formula is C21H24FN5O2S. The zero-order chi connectivity index (χ0) is 20.8. The Hall–Kier alpha value is -2.62. The molecule has 0 atom stereocenters. The average molecular weight is 430 g/mol. The smallest absolute Gasteiger partial charge is 0.241 e. The lowest BCUT2D eigenvalue weighted by Crippen LogP contribution is -2.49. The van der Waals surface area contributed by atoms with Crippen molar-refractivity contribution in [2.45, 2.75) is 13.0 Å². The molecule has 9 heteroatoms. The van der Waals surface area contributed by atoms with Crippen LogP contribution in [0.4, 0.5) is 4.39 Å². The van der Waals surface area contributed by atoms with E-state index in [-0.39, 0.29) is 11.7 Å². The third kappa shape index (κ3) is 5.71. The molecule has 1 N–H and O–H groups in total. The molecule has 30 heavy (non-hydrogen) atoms. The maximum absolute atomic E-state index is 12.9. The molecule has 3 heterocycles. The molecule has 2 aromatic heterocycles. The Morgan fingerprint density at radius 2 is 1.90 bits per heavy atom. The van der Waals surface area contributed by atoms with Crippen LogP contribution in [0.15, 0.2) is 46.3 Å². The minimum Gasteiger partial charge on any atom is -0.355 e. The summed E-state index contributed by atoms with van der Waals surface area (Å²) in [6, 6.07) is 10.3. The summed E-state index contributed by atoms with van der Waals surface area (Å²) in [6.45, 7) is 4.89. The Kier molecular flexibility index (Phi) is 6.83. The number of carbonyl (C=O) groups excluding carboxylic acids is 1. The van der Waals surface area contributed by atoms with Gasteiger partial charge in [0.15, 0.2) is 0 Å². The molecule has 1 saturated heterocycles. The summed E-state index contributed by atoms with van der Waals surface area (Å²) >= 11 is 1.59. The number of hydrogen-bond donors (Lipinski definition) is 1. The fraction of sp³-hybridized carbons (Fsp3) is 0.381. The number of rotatable bonds is 8. The predicted molar refractivity (Wildman–Crippen MR) is 112 cm³/mol. The summed E-state index contributed by atoms with van der Waals surface area (Å²) in [5, 5.41) is 8.98. The van der Waals surface area contributed by atoms with E-state index in [4.69, 9.17) is 4.52 Å². The quantitative estimate of drug-likeness (QED) is 0.593. The predicted octanol–water partition coefficient (Wildman–Crippen LogP) is 2.41. The average Bonchev–Trinajstić information content (AvgIpc) is 3.43. The molecule has 4 rings (SSSR count). The number of hydrogen-bond acceptors (Lipinski definition) is 7. The van der Waals surface area contributed by atoms with Gasteiger partial charge in [-0.3, -0.25) is 14.6 Å². The lowest BCUT2D eigenvalue weighted by Gasteiger charge is -2.33. The Labute approximate surface area is 178 Å². The number of nitrogens with zero attached hydrogens (tertiary/aromatic N) is 4. The summed E-state index contributed by atoms with van der Waals surface area (Å²) in [5.74, 6) is 1.02. The van der Waals surface area contributed by atoms with Gasteiger partial charge in [-0.05, 0) is 35.6 Å². The summed E-state index contributed by atoms with van der Waals surface area (Å²) in [6.07, 6.45) is 0.692. The van der Waals surface area contributed by atoms with Crippen LogP contribution in [-0.2, 0) is 17.8 Å². The van der Waals surface area contributed by atoms with Crippen molar-refractivity contribution in [1.82, 2.24) is 25.3 Å². The second kappa shape index (κ2) is 9.92. The largest absolute Gasteiger partial charge is 0.355 e. The van der Waals surface area contributed by atoms with E-state index < -0.39 is 0 Å². The Bertz CT molecular complexity index is 937. The van der Waals surface area contributed by atoms with Crippen molar-refractivity contribution in [2.24, 2.45) is 0 Å². The van der Waals surface area contributed by atoms with Gasteiger partial charge >= 0.3 is 0 Å². The third-order valence-corrected chi connectivity index (χ3v) is 5.92. The lowest BCUT2D eigenvalue weighted by atomic mass is 10.1. The zero-order valence-electron chi connectivity index (χ0n) is 16.6. The first kappa shape index (κ1) is 20.6. The van der Waals surface area contributed by atoms with Gasteiger partial charge in [0.2, 0.25) is 17.6 Å². The molecule has 0 aliphatic carbocycles. The van der Waals surface area contributed by atoms with Gasteiger partial charge in [0.05, 0.1) is 18.0 Å². The standard InChI is InChI=1S/C21H24FN5O2S/c22-17-5-3-16(4-6-17)7-8-23-19(28)14-26-9-11-27(12-10-26)15-20-24-21(25-29-20)18-2-1-13-30-18/h1-6,13H,7-12,14-15H2,(H,23,28). The first-order chi connectivity index (χ1) is 14.7. The van der Waals surface area contributed by atoms with E-state index >= 15 is 0 Å². The molecule has 0 radical (unpaired) electrons. The van der Waals surface area contributed by atoms with E-state index in [1.165, 1.54) is 12.1 Å². The highest BCUT2D eigenvalue weighted by atomic mass is 32.1. The van der Waals surface area contributed by atoms with Crippen molar-refractivity contribution in [3.05, 3.63) is 59.0 Å². The normalized spacial score (nSPS) is 15.4. The van der Waals surface area contributed by atoms with Crippen molar-refractivity contribution in [3.8, 4) is 10.7 Å². The topological polar surface area (TPSA) is 74.5 Å². The number of piperazine rings is 1. The fourth-order valence-corrected chi connectivity index (χ4v) is 4.03. The fourth-order valence-electron chi connectivity index (χ4n) is 3.38. The van der Waals surface area contributed by atoms with Crippen LogP contribution in [0.1, 0.15) is 11.5 Å². The van der Waals surface area contributed by atoms with E-state index in [1.54, 1.807) is 23.5 Å². The van der Waals surface area contributed by atoms with E-state index in [0.717, 1.165) is 36.6 Å². The van der Waals surface area contributed by atoms with Crippen LogP contribution >= 0.6 is 11.3 Å². The third-order valence-electron chi connectivity index (χ3n) is 5.05. The molecule has 0 unspecified atom stereocenters. The number of amides is 1. The van der Waals surface area contributed by atoms with Crippen LogP contribution in [0.2, 0.25) is 0 Å². The van der Waals surface area contributed by atoms with E-state index in [2.05, 4.69) is 25.3 Å². The highest BCUT2D eigenvalue weighted by molar-refractivity contribution is 7.13. The van der Waals surface area contributed by atoms with Gasteiger partial charge in [-0.2, -0.15) is 4.98 Å². The Morgan fingerprint density at radius 3 is 2.63 bits per heavy atom. The van der Waals surface area contributed by atoms with Crippen LogP contribution in [0.3, 0.4) is 0 Å². The van der Waals surface area contributed by atoms with Gasteiger partial charge in [0.25, 0.3) is 0 Å². The minimum atomic E-state index is -0.246. The van der Waals surface area contributed by atoms with Crippen molar-refractivity contribution in [2.75, 3.05) is 39.3 Å². The number of aromatic nitrogens is 2. The van der Waals surface area contributed by atoms with Crippen LogP contribution < -0.4 is 5.32 Å². The molecule has 7 nitrogen and oxygen atoms in total. The number of thiophene rings is 1. The molecular weight excluding hydrogens is 405 g/mol. The van der Waals surface area contributed by atoms with Crippen LogP contribution in [-0.4, -0.2) is 65.1 Å². The Balaban J connectivity index is 1.15. The van der Waals surface area contributed by atoms with Gasteiger partial charge in [-0.15, -0.1) is 11.3 Å². The molecule has 1 aliphatic heterocycles. The monoisotopic (exact) mass is 429 g/mol. The van der Waals surface area contributed by atoms with Crippen molar-refractivity contribution in [3.63, 3.8) is 0 Å². The molecule has 0 spiro atoms. The van der Waals surface area contributed by atoms with Crippen LogP contribution in [0.25, 0.3) is 10.7 Å². The molecule has 3 aromatic rings. The number of halogens is 1. The van der Waals surface area contributed by atoms with Gasteiger partial charge < -0.3 is 9.84 Å². The summed E-state index contributed by atoms with van der Waals surface area (Å²) < 4.78 is 18.3. The highest BCUT2D eigenvalue weighted by Crippen LogP contribution is 2.21. The summed E-state index contributed by atoms with van der Waals surface area (Å²) in [4.78, 5) is 22.1. The van der Waals surface area contributed by atoms with E-state index in [9.17, 15) is 9.18 Å². The molecule has 158 valence electrons. The summed E-state index contributed by atoms with van der Waals surface area (Å²) in [5.41, 5.74) is 1.01.